The van der Waals surface area contributed by atoms with Crippen LogP contribution in [-0.2, 0) is 4.79 Å². The van der Waals surface area contributed by atoms with Crippen molar-refractivity contribution in [2.24, 2.45) is 11.8 Å². The number of carbonyl (C=O) groups excluding carboxylic acids is 1. The molecule has 3 aliphatic rings. The number of amides is 1. The minimum atomic E-state index is 0.192. The summed E-state index contributed by atoms with van der Waals surface area (Å²) in [7, 11) is 0. The van der Waals surface area contributed by atoms with E-state index in [2.05, 4.69) is 50.4 Å². The highest BCUT2D eigenvalue weighted by Crippen LogP contribution is 2.47. The van der Waals surface area contributed by atoms with Gasteiger partial charge in [0, 0.05) is 36.1 Å². The standard InChI is InChI=1S/C21H29BrN2O/c22-17-7-5-16(6-8-17)19-13-20(19)21(25)23-18-9-11-24(12-10-18)14-15-3-1-2-4-15/h5-8,15,18-20H,1-4,9-14H2,(H,23,25). The normalized spacial score (nSPS) is 28.2. The van der Waals surface area contributed by atoms with Crippen LogP contribution in [0.4, 0.5) is 0 Å². The van der Waals surface area contributed by atoms with Crippen molar-refractivity contribution in [1.82, 2.24) is 10.2 Å². The molecule has 0 radical (unpaired) electrons. The zero-order valence-corrected chi connectivity index (χ0v) is 16.5. The van der Waals surface area contributed by atoms with Crippen molar-refractivity contribution in [3.63, 3.8) is 0 Å². The first-order valence-corrected chi connectivity index (χ1v) is 10.8. The Balaban J connectivity index is 1.20. The molecule has 1 aromatic carbocycles. The third-order valence-corrected chi connectivity index (χ3v) is 6.88. The second kappa shape index (κ2) is 7.79. The number of hydrogen-bond donors (Lipinski definition) is 1. The largest absolute Gasteiger partial charge is 0.353 e. The van der Waals surface area contributed by atoms with Gasteiger partial charge in [-0.25, -0.2) is 0 Å². The molecule has 1 heterocycles. The molecule has 1 N–H and O–H groups in total. The topological polar surface area (TPSA) is 32.3 Å². The fourth-order valence-corrected chi connectivity index (χ4v) is 4.95. The molecule has 3 nitrogen and oxygen atoms in total. The summed E-state index contributed by atoms with van der Waals surface area (Å²) >= 11 is 3.47. The molecule has 2 saturated carbocycles. The quantitative estimate of drug-likeness (QED) is 0.791. The highest BCUT2D eigenvalue weighted by atomic mass is 79.9. The summed E-state index contributed by atoms with van der Waals surface area (Å²) < 4.78 is 1.10. The van der Waals surface area contributed by atoms with Crippen molar-refractivity contribution in [1.29, 1.82) is 0 Å². The van der Waals surface area contributed by atoms with Crippen LogP contribution in [0, 0.1) is 11.8 Å². The monoisotopic (exact) mass is 404 g/mol. The average Bonchev–Trinajstić information content (AvgIpc) is 3.26. The number of piperidine rings is 1. The molecule has 1 aliphatic heterocycles. The minimum Gasteiger partial charge on any atom is -0.353 e. The fourth-order valence-electron chi connectivity index (χ4n) is 4.69. The molecule has 2 atom stereocenters. The zero-order chi connectivity index (χ0) is 17.2. The maximum atomic E-state index is 12.6. The van der Waals surface area contributed by atoms with E-state index in [1.807, 2.05) is 0 Å². The number of nitrogens with one attached hydrogen (secondary N) is 1. The first-order valence-electron chi connectivity index (χ1n) is 9.97. The van der Waals surface area contributed by atoms with E-state index in [0.29, 0.717) is 12.0 Å². The van der Waals surface area contributed by atoms with Gasteiger partial charge in [-0.15, -0.1) is 0 Å². The van der Waals surface area contributed by atoms with Gasteiger partial charge in [-0.3, -0.25) is 4.79 Å². The molecule has 1 aromatic rings. The van der Waals surface area contributed by atoms with E-state index in [1.165, 1.54) is 37.8 Å². The van der Waals surface area contributed by atoms with Crippen molar-refractivity contribution < 1.29 is 4.79 Å². The molecule has 0 aromatic heterocycles. The molecule has 0 bridgehead atoms. The van der Waals surface area contributed by atoms with Crippen LogP contribution in [0.25, 0.3) is 0 Å². The summed E-state index contributed by atoms with van der Waals surface area (Å²) in [5.41, 5.74) is 1.30. The highest BCUT2D eigenvalue weighted by Gasteiger charge is 2.44. The number of rotatable bonds is 5. The Bertz CT molecular complexity index is 588. The summed E-state index contributed by atoms with van der Waals surface area (Å²) in [6, 6.07) is 8.82. The fraction of sp³-hybridized carbons (Fsp3) is 0.667. The molecule has 4 heteroatoms. The second-order valence-corrected chi connectivity index (χ2v) is 9.15. The molecule has 2 aliphatic carbocycles. The third-order valence-electron chi connectivity index (χ3n) is 6.35. The molecule has 3 fully saturated rings. The van der Waals surface area contributed by atoms with Crippen molar-refractivity contribution in [2.45, 2.75) is 56.9 Å². The molecule has 2 unspecified atom stereocenters. The van der Waals surface area contributed by atoms with Gasteiger partial charge in [0.15, 0.2) is 0 Å². The maximum Gasteiger partial charge on any atom is 0.223 e. The van der Waals surface area contributed by atoms with Gasteiger partial charge in [0.1, 0.15) is 0 Å². The van der Waals surface area contributed by atoms with Gasteiger partial charge in [-0.1, -0.05) is 40.9 Å². The van der Waals surface area contributed by atoms with Crippen LogP contribution >= 0.6 is 15.9 Å². The van der Waals surface area contributed by atoms with E-state index < -0.39 is 0 Å². The summed E-state index contributed by atoms with van der Waals surface area (Å²) in [6.45, 7) is 3.60. The van der Waals surface area contributed by atoms with Gasteiger partial charge in [-0.2, -0.15) is 0 Å². The summed E-state index contributed by atoms with van der Waals surface area (Å²) in [4.78, 5) is 15.2. The first kappa shape index (κ1) is 17.5. The number of halogens is 1. The zero-order valence-electron chi connectivity index (χ0n) is 14.9. The minimum absolute atomic E-state index is 0.192. The number of benzene rings is 1. The Morgan fingerprint density at radius 1 is 1.08 bits per heavy atom. The van der Waals surface area contributed by atoms with Crippen molar-refractivity contribution in [2.75, 3.05) is 19.6 Å². The van der Waals surface area contributed by atoms with Gasteiger partial charge in [0.05, 0.1) is 0 Å². The number of likely N-dealkylation sites (tertiary alicyclic amines) is 1. The van der Waals surface area contributed by atoms with E-state index in [-0.39, 0.29) is 11.8 Å². The van der Waals surface area contributed by atoms with Crippen LogP contribution in [0.3, 0.4) is 0 Å². The molecule has 0 spiro atoms. The highest BCUT2D eigenvalue weighted by molar-refractivity contribution is 9.10. The molecular formula is C21H29BrN2O. The summed E-state index contributed by atoms with van der Waals surface area (Å²) in [5, 5.41) is 3.33. The van der Waals surface area contributed by atoms with Crippen molar-refractivity contribution in [3.8, 4) is 0 Å². The third kappa shape index (κ3) is 4.46. The summed E-state index contributed by atoms with van der Waals surface area (Å²) in [6.07, 6.45) is 8.96. The second-order valence-electron chi connectivity index (χ2n) is 8.23. The Morgan fingerprint density at radius 3 is 2.44 bits per heavy atom. The van der Waals surface area contributed by atoms with Gasteiger partial charge < -0.3 is 10.2 Å². The molecule has 4 rings (SSSR count). The maximum absolute atomic E-state index is 12.6. The molecule has 25 heavy (non-hydrogen) atoms. The van der Waals surface area contributed by atoms with Gasteiger partial charge in [0.25, 0.3) is 0 Å². The van der Waals surface area contributed by atoms with Gasteiger partial charge in [-0.05, 0) is 61.6 Å². The van der Waals surface area contributed by atoms with E-state index in [9.17, 15) is 4.79 Å². The number of hydrogen-bond acceptors (Lipinski definition) is 2. The SMILES string of the molecule is O=C(NC1CCN(CC2CCCC2)CC1)C1CC1c1ccc(Br)cc1. The van der Waals surface area contributed by atoms with E-state index in [1.54, 1.807) is 0 Å². The van der Waals surface area contributed by atoms with Crippen LogP contribution in [-0.4, -0.2) is 36.5 Å². The van der Waals surface area contributed by atoms with Gasteiger partial charge >= 0.3 is 0 Å². The van der Waals surface area contributed by atoms with Crippen molar-refractivity contribution in [3.05, 3.63) is 34.3 Å². The van der Waals surface area contributed by atoms with Crippen LogP contribution < -0.4 is 5.32 Å². The Kier molecular flexibility index (Phi) is 5.47. The lowest BCUT2D eigenvalue weighted by Gasteiger charge is -2.33. The lowest BCUT2D eigenvalue weighted by atomic mass is 10.0. The van der Waals surface area contributed by atoms with Crippen LogP contribution in [0.15, 0.2) is 28.7 Å². The van der Waals surface area contributed by atoms with Crippen molar-refractivity contribution >= 4 is 21.8 Å². The average molecular weight is 405 g/mol. The van der Waals surface area contributed by atoms with E-state index in [4.69, 9.17) is 0 Å². The van der Waals surface area contributed by atoms with E-state index in [0.717, 1.165) is 42.7 Å². The van der Waals surface area contributed by atoms with Crippen LogP contribution in [0.1, 0.15) is 56.4 Å². The van der Waals surface area contributed by atoms with E-state index >= 15 is 0 Å². The first-order chi connectivity index (χ1) is 12.2. The molecular weight excluding hydrogens is 376 g/mol. The smallest absolute Gasteiger partial charge is 0.223 e. The predicted molar refractivity (Wildman–Crippen MR) is 105 cm³/mol. The Labute approximate surface area is 159 Å². The Morgan fingerprint density at radius 2 is 1.76 bits per heavy atom. The predicted octanol–water partition coefficient (Wildman–Crippen LogP) is 4.32. The Hall–Kier alpha value is -0.870. The number of nitrogens with zero attached hydrogens (tertiary/aromatic N) is 1. The summed E-state index contributed by atoms with van der Waals surface area (Å²) in [5.74, 6) is 1.83. The lowest BCUT2D eigenvalue weighted by Crippen LogP contribution is -2.46. The lowest BCUT2D eigenvalue weighted by molar-refractivity contribution is -0.123. The van der Waals surface area contributed by atoms with Crippen LogP contribution in [0.2, 0.25) is 0 Å². The van der Waals surface area contributed by atoms with Crippen LogP contribution in [0.5, 0.6) is 0 Å². The molecule has 1 amide bonds. The number of carbonyl (C=O) groups is 1. The van der Waals surface area contributed by atoms with Gasteiger partial charge in [0.2, 0.25) is 5.91 Å². The molecule has 136 valence electrons. The molecule has 1 saturated heterocycles.